The molecule has 0 amide bonds. The fourth-order valence-corrected chi connectivity index (χ4v) is 12.2. The van der Waals surface area contributed by atoms with Crippen LogP contribution >= 0.6 is 0 Å². The van der Waals surface area contributed by atoms with Crippen molar-refractivity contribution in [1.82, 2.24) is 19.6 Å². The zero-order valence-corrected chi connectivity index (χ0v) is 71.4. The predicted molar refractivity (Wildman–Crippen MR) is 458 cm³/mol. The normalized spacial score (nSPS) is 11.9. The van der Waals surface area contributed by atoms with Crippen molar-refractivity contribution in [2.45, 2.75) is 148 Å². The lowest BCUT2D eigenvalue weighted by Gasteiger charge is -2.22. The van der Waals surface area contributed by atoms with Gasteiger partial charge < -0.3 is 76.4 Å². The van der Waals surface area contributed by atoms with Crippen molar-refractivity contribution in [3.63, 3.8) is 0 Å². The number of ether oxygens (including phenoxy) is 12. The maximum Gasteiger partial charge on any atom is 0.306 e. The predicted octanol–water partition coefficient (Wildman–Crippen LogP) is 16.1. The lowest BCUT2D eigenvalue weighted by Crippen LogP contribution is -2.35. The molecule has 8 aromatic carbocycles. The van der Waals surface area contributed by atoms with Crippen LogP contribution in [0, 0.1) is 0 Å². The van der Waals surface area contributed by atoms with E-state index < -0.39 is 0 Å². The Morgan fingerprint density at radius 2 is 0.470 bits per heavy atom. The average molecular weight is 1580 g/mol. The molecule has 0 aliphatic carbocycles. The maximum absolute atomic E-state index is 11.9. The summed E-state index contributed by atoms with van der Waals surface area (Å²) in [6.07, 6.45) is 9.97. The van der Waals surface area contributed by atoms with Crippen LogP contribution in [0.4, 0.5) is 0 Å². The fourth-order valence-electron chi connectivity index (χ4n) is 12.2. The van der Waals surface area contributed by atoms with Crippen LogP contribution in [-0.2, 0) is 89.5 Å². The van der Waals surface area contributed by atoms with Crippen LogP contribution in [0.1, 0.15) is 117 Å². The summed E-state index contributed by atoms with van der Waals surface area (Å²) in [5.41, 5.74) is 9.57. The quantitative estimate of drug-likeness (QED) is 0.0258. The van der Waals surface area contributed by atoms with Crippen LogP contribution in [0.5, 0.6) is 46.0 Å². The molecule has 0 saturated carbocycles. The van der Waals surface area contributed by atoms with Gasteiger partial charge >= 0.3 is 23.9 Å². The van der Waals surface area contributed by atoms with Gasteiger partial charge in [0.05, 0.1) is 28.4 Å². The molecule has 8 aromatic rings. The zero-order chi connectivity index (χ0) is 83.5. The standard InChI is InChI=1S/3C24H33NO4.C23H31NO4/c3*1-5-8-24(26)29-22(17-25(2)3)18-28-23-10-7-6-9-20(23)14-11-19-12-15-21(27-4)16-13-19;1-5-23(25)28-21(16-24(2)3)17-27-22-9-7-6-8-19(22)13-10-18-11-14-20(26-4)15-12-18/h3*6-7,9-10,12-13,15-16,22H,5,8,11,14,17-18H2,1-4H3;6-9,11-12,14-15,21H,5,10,13,16-17H2,1-4H3/t2*22-;;21-/m10.0/s1. The lowest BCUT2D eigenvalue weighted by molar-refractivity contribution is -0.152. The van der Waals surface area contributed by atoms with Crippen LogP contribution in [0.25, 0.3) is 0 Å². The highest BCUT2D eigenvalue weighted by Gasteiger charge is 2.22. The van der Waals surface area contributed by atoms with Crippen LogP contribution in [-0.4, -0.2) is 205 Å². The molecule has 0 aliphatic heterocycles. The molecule has 0 bridgehead atoms. The number of carbonyl (C=O) groups is 4. The van der Waals surface area contributed by atoms with Gasteiger partial charge in [0, 0.05) is 51.9 Å². The lowest BCUT2D eigenvalue weighted by atomic mass is 10.0. The van der Waals surface area contributed by atoms with Gasteiger partial charge in [0.2, 0.25) is 0 Å². The van der Waals surface area contributed by atoms with E-state index >= 15 is 0 Å². The third kappa shape index (κ3) is 39.7. The molecule has 8 rings (SSSR count). The Bertz CT molecular complexity index is 3680. The van der Waals surface area contributed by atoms with Gasteiger partial charge in [-0.05, 0) is 244 Å². The van der Waals surface area contributed by atoms with Crippen molar-refractivity contribution < 1.29 is 76.0 Å². The van der Waals surface area contributed by atoms with Crippen molar-refractivity contribution in [2.75, 3.05) is 137 Å². The minimum absolute atomic E-state index is 0.171. The number of likely N-dealkylation sites (N-methyl/N-ethyl adjacent to an activating group) is 4. The van der Waals surface area contributed by atoms with Gasteiger partial charge in [-0.2, -0.15) is 0 Å². The number of rotatable bonds is 47. The first-order valence-corrected chi connectivity index (χ1v) is 40.3. The summed E-state index contributed by atoms with van der Waals surface area (Å²) in [7, 11) is 22.4. The summed E-state index contributed by atoms with van der Waals surface area (Å²) in [6, 6.07) is 64.7. The summed E-state index contributed by atoms with van der Waals surface area (Å²) in [6.45, 7) is 11.6. The molecule has 115 heavy (non-hydrogen) atoms. The molecular weight excluding hydrogens is 1450 g/mol. The Labute approximate surface area is 686 Å². The van der Waals surface area contributed by atoms with Gasteiger partial charge in [0.15, 0.2) is 0 Å². The first-order valence-electron chi connectivity index (χ1n) is 40.3. The van der Waals surface area contributed by atoms with Crippen LogP contribution in [0.15, 0.2) is 194 Å². The van der Waals surface area contributed by atoms with E-state index in [4.69, 9.17) is 56.8 Å². The van der Waals surface area contributed by atoms with E-state index in [1.54, 1.807) is 35.4 Å². The van der Waals surface area contributed by atoms with Gasteiger partial charge in [0.1, 0.15) is 96.8 Å². The largest absolute Gasteiger partial charge is 0.497 e. The number of hydrogen-bond donors (Lipinski definition) is 0. The first-order chi connectivity index (χ1) is 55.5. The third-order valence-corrected chi connectivity index (χ3v) is 18.1. The molecule has 0 radical (unpaired) electrons. The fraction of sp³-hybridized carbons (Fsp3) is 0.453. The molecule has 4 atom stereocenters. The van der Waals surface area contributed by atoms with E-state index in [9.17, 15) is 19.2 Å². The highest BCUT2D eigenvalue weighted by molar-refractivity contribution is 5.70. The van der Waals surface area contributed by atoms with E-state index in [2.05, 4.69) is 72.8 Å². The molecule has 0 fully saturated rings. The van der Waals surface area contributed by atoms with Gasteiger partial charge in [0.25, 0.3) is 0 Å². The van der Waals surface area contributed by atoms with Crippen LogP contribution in [0.3, 0.4) is 0 Å². The van der Waals surface area contributed by atoms with Crippen LogP contribution in [0.2, 0.25) is 0 Å². The van der Waals surface area contributed by atoms with Crippen molar-refractivity contribution in [3.8, 4) is 46.0 Å². The molecule has 0 aliphatic rings. The number of benzene rings is 8. The molecule has 1 unspecified atom stereocenters. The number of aryl methyl sites for hydroxylation is 8. The topological polar surface area (TPSA) is 192 Å². The van der Waals surface area contributed by atoms with Gasteiger partial charge in [-0.3, -0.25) is 19.2 Å². The van der Waals surface area contributed by atoms with E-state index in [1.807, 2.05) is 218 Å². The second-order valence-corrected chi connectivity index (χ2v) is 29.2. The van der Waals surface area contributed by atoms with Crippen molar-refractivity contribution >= 4 is 23.9 Å². The second-order valence-electron chi connectivity index (χ2n) is 29.2. The summed E-state index contributed by atoms with van der Waals surface area (Å²) >= 11 is 0. The second kappa shape index (κ2) is 55.4. The van der Waals surface area contributed by atoms with E-state index in [1.165, 1.54) is 22.3 Å². The number of methoxy groups -OCH3 is 4. The Hall–Kier alpha value is -10.1. The maximum atomic E-state index is 11.9. The highest BCUT2D eigenvalue weighted by Crippen LogP contribution is 2.27. The van der Waals surface area contributed by atoms with Crippen molar-refractivity contribution in [2.24, 2.45) is 0 Å². The molecule has 20 heteroatoms. The van der Waals surface area contributed by atoms with E-state index in [0.717, 1.165) is 139 Å². The minimum Gasteiger partial charge on any atom is -0.497 e. The third-order valence-electron chi connectivity index (χ3n) is 18.1. The molecule has 0 saturated heterocycles. The Kier molecular flexibility index (Phi) is 46.0. The average Bonchev–Trinajstić information content (AvgIpc) is 0.879. The number of carbonyl (C=O) groups excluding carboxylic acids is 4. The highest BCUT2D eigenvalue weighted by atomic mass is 16.6. The molecular formula is C95H130N4O16. The smallest absolute Gasteiger partial charge is 0.306 e. The summed E-state index contributed by atoms with van der Waals surface area (Å²) in [4.78, 5) is 55.4. The Morgan fingerprint density at radius 3 is 0.652 bits per heavy atom. The molecule has 626 valence electrons. The molecule has 0 heterocycles. The summed E-state index contributed by atoms with van der Waals surface area (Å²) in [5.74, 6) is 6.11. The molecule has 20 nitrogen and oxygen atoms in total. The van der Waals surface area contributed by atoms with Gasteiger partial charge in [-0.1, -0.05) is 149 Å². The molecule has 0 aromatic heterocycles. The first kappa shape index (κ1) is 95.5. The number of hydrogen-bond acceptors (Lipinski definition) is 20. The monoisotopic (exact) mass is 1580 g/mol. The Morgan fingerprint density at radius 1 is 0.270 bits per heavy atom. The Balaban J connectivity index is 0.000000274. The van der Waals surface area contributed by atoms with E-state index in [-0.39, 0.29) is 48.3 Å². The van der Waals surface area contributed by atoms with Gasteiger partial charge in [-0.15, -0.1) is 0 Å². The number of nitrogens with zero attached hydrogens (tertiary/aromatic N) is 4. The molecule has 0 N–H and O–H groups in total. The number of para-hydroxylation sites is 4. The summed E-state index contributed by atoms with van der Waals surface area (Å²) < 4.78 is 67.4. The SMILES string of the molecule is CCC(=O)O[C@H](COc1ccccc1CCc1ccc(OC)cc1)CN(C)C.CCCC(=O)OC(COc1ccccc1CCc1ccc(OC)cc1)CN(C)C.CCCC(=O)O[C@@H](COc1ccccc1CCc1ccc(OC)cc1)CN(C)C.CCCC(=O)O[C@H](COc1ccccc1CCc1ccc(OC)cc1)CN(C)C. The molecule has 0 spiro atoms. The van der Waals surface area contributed by atoms with Crippen LogP contribution < -0.4 is 37.9 Å². The minimum atomic E-state index is -0.294. The van der Waals surface area contributed by atoms with Crippen molar-refractivity contribution in [3.05, 3.63) is 239 Å². The van der Waals surface area contributed by atoms with E-state index in [0.29, 0.717) is 78.3 Å². The summed E-state index contributed by atoms with van der Waals surface area (Å²) in [5, 5.41) is 0. The number of esters is 4. The zero-order valence-electron chi connectivity index (χ0n) is 71.4. The van der Waals surface area contributed by atoms with Crippen molar-refractivity contribution in [1.29, 1.82) is 0 Å². The van der Waals surface area contributed by atoms with Gasteiger partial charge in [-0.25, -0.2) is 0 Å².